The Morgan fingerprint density at radius 2 is 1.92 bits per heavy atom. The normalized spacial score (nSPS) is 15.0. The minimum absolute atomic E-state index is 0.0138. The van der Waals surface area contributed by atoms with Gasteiger partial charge in [0.2, 0.25) is 5.88 Å². The summed E-state index contributed by atoms with van der Waals surface area (Å²) in [5.74, 6) is -0.893. The first-order valence-corrected chi connectivity index (χ1v) is 7.72. The molecule has 2 heterocycles. The van der Waals surface area contributed by atoms with Crippen molar-refractivity contribution >= 4 is 6.21 Å². The van der Waals surface area contributed by atoms with Crippen LogP contribution in [0.25, 0.3) is 0 Å². The van der Waals surface area contributed by atoms with E-state index in [1.807, 2.05) is 0 Å². The van der Waals surface area contributed by atoms with E-state index in [2.05, 4.69) is 10.1 Å². The molecule has 0 bridgehead atoms. The Labute approximate surface area is 141 Å². The number of benzene rings is 1. The van der Waals surface area contributed by atoms with Crippen LogP contribution >= 0.6 is 0 Å². The summed E-state index contributed by atoms with van der Waals surface area (Å²) in [6, 6.07) is 5.50. The number of nitrogens with one attached hydrogen (secondary N) is 1. The first-order valence-electron chi connectivity index (χ1n) is 7.72. The lowest BCUT2D eigenvalue weighted by molar-refractivity contribution is 0.0396. The zero-order valence-corrected chi connectivity index (χ0v) is 13.3. The monoisotopic (exact) mass is 348 g/mol. The smallest absolute Gasteiger partial charge is 0.331 e. The standard InChI is InChI=1S/C16H17FN4O4/c17-12-3-1-11(2-4-12)10-21-15(23)13(14(22)19-16(21)24)9-18-20-5-7-25-8-6-20/h1-4,9,23H,5-8,10H2,(H,19,22,24). The largest absolute Gasteiger partial charge is 0.494 e. The van der Waals surface area contributed by atoms with Crippen molar-refractivity contribution in [1.82, 2.24) is 14.6 Å². The molecule has 0 radical (unpaired) electrons. The molecule has 1 fully saturated rings. The van der Waals surface area contributed by atoms with Crippen LogP contribution in [0.5, 0.6) is 5.88 Å². The van der Waals surface area contributed by atoms with Gasteiger partial charge in [-0.3, -0.25) is 19.4 Å². The second-order valence-corrected chi connectivity index (χ2v) is 5.52. The Balaban J connectivity index is 1.91. The van der Waals surface area contributed by atoms with Crippen molar-refractivity contribution in [2.45, 2.75) is 6.54 Å². The summed E-state index contributed by atoms with van der Waals surface area (Å²) in [6.45, 7) is 2.20. The molecule has 0 amide bonds. The molecule has 1 aliphatic rings. The average Bonchev–Trinajstić information content (AvgIpc) is 2.61. The molecule has 1 aromatic carbocycles. The summed E-state index contributed by atoms with van der Waals surface area (Å²) in [5, 5.41) is 16.2. The van der Waals surface area contributed by atoms with Gasteiger partial charge in [-0.15, -0.1) is 0 Å². The van der Waals surface area contributed by atoms with Gasteiger partial charge in [0.25, 0.3) is 5.56 Å². The zero-order valence-electron chi connectivity index (χ0n) is 13.3. The number of hydrazone groups is 1. The van der Waals surface area contributed by atoms with Crippen LogP contribution in [0.2, 0.25) is 0 Å². The van der Waals surface area contributed by atoms with Crippen LogP contribution in [0.15, 0.2) is 39.0 Å². The van der Waals surface area contributed by atoms with Crippen molar-refractivity contribution in [3.05, 3.63) is 62.0 Å². The number of hydrogen-bond donors (Lipinski definition) is 2. The van der Waals surface area contributed by atoms with E-state index in [1.54, 1.807) is 5.01 Å². The minimum Gasteiger partial charge on any atom is -0.494 e. The van der Waals surface area contributed by atoms with Gasteiger partial charge in [-0.05, 0) is 17.7 Å². The quantitative estimate of drug-likeness (QED) is 0.763. The van der Waals surface area contributed by atoms with Crippen molar-refractivity contribution in [2.75, 3.05) is 26.3 Å². The van der Waals surface area contributed by atoms with Crippen LogP contribution in [0.1, 0.15) is 11.1 Å². The van der Waals surface area contributed by atoms with Gasteiger partial charge in [0.05, 0.1) is 39.1 Å². The number of ether oxygens (including phenoxy) is 1. The molecule has 2 aromatic rings. The van der Waals surface area contributed by atoms with E-state index in [1.165, 1.54) is 30.5 Å². The minimum atomic E-state index is -0.754. The summed E-state index contributed by atoms with van der Waals surface area (Å²) in [6.07, 6.45) is 1.22. The van der Waals surface area contributed by atoms with Crippen molar-refractivity contribution in [1.29, 1.82) is 0 Å². The van der Waals surface area contributed by atoms with Crippen LogP contribution in [0, 0.1) is 5.82 Å². The number of aromatic amines is 1. The second kappa shape index (κ2) is 7.31. The van der Waals surface area contributed by atoms with Crippen LogP contribution in [0.3, 0.4) is 0 Å². The third-order valence-electron chi connectivity index (χ3n) is 3.80. The molecule has 0 unspecified atom stereocenters. The predicted octanol–water partition coefficient (Wildman–Crippen LogP) is 0.0957. The van der Waals surface area contributed by atoms with Gasteiger partial charge in [-0.25, -0.2) is 9.18 Å². The number of aromatic hydroxyl groups is 1. The fraction of sp³-hybridized carbons (Fsp3) is 0.312. The molecule has 0 saturated carbocycles. The van der Waals surface area contributed by atoms with Crippen molar-refractivity contribution in [3.63, 3.8) is 0 Å². The van der Waals surface area contributed by atoms with Crippen molar-refractivity contribution < 1.29 is 14.2 Å². The van der Waals surface area contributed by atoms with Crippen molar-refractivity contribution in [3.8, 4) is 5.88 Å². The summed E-state index contributed by atoms with van der Waals surface area (Å²) >= 11 is 0. The highest BCUT2D eigenvalue weighted by Crippen LogP contribution is 2.12. The molecule has 132 valence electrons. The Kier molecular flexibility index (Phi) is 4.94. The molecule has 2 N–H and O–H groups in total. The molecule has 3 rings (SSSR count). The highest BCUT2D eigenvalue weighted by Gasteiger charge is 2.14. The number of nitrogens with zero attached hydrogens (tertiary/aromatic N) is 3. The lowest BCUT2D eigenvalue weighted by Crippen LogP contribution is -2.34. The lowest BCUT2D eigenvalue weighted by atomic mass is 10.2. The number of rotatable bonds is 4. The van der Waals surface area contributed by atoms with Crippen LogP contribution in [-0.4, -0.2) is 52.2 Å². The summed E-state index contributed by atoms with van der Waals surface area (Å²) < 4.78 is 19.2. The van der Waals surface area contributed by atoms with E-state index < -0.39 is 22.9 Å². The Bertz CT molecular complexity index is 882. The SMILES string of the molecule is O=c1[nH]c(=O)n(Cc2ccc(F)cc2)c(O)c1C=NN1CCOCC1. The highest BCUT2D eigenvalue weighted by molar-refractivity contribution is 5.81. The van der Waals surface area contributed by atoms with Gasteiger partial charge in [-0.2, -0.15) is 5.10 Å². The number of hydrogen-bond acceptors (Lipinski definition) is 6. The second-order valence-electron chi connectivity index (χ2n) is 5.52. The van der Waals surface area contributed by atoms with Gasteiger partial charge in [0.1, 0.15) is 11.4 Å². The molecule has 25 heavy (non-hydrogen) atoms. The molecule has 0 atom stereocenters. The maximum absolute atomic E-state index is 13.0. The van der Waals surface area contributed by atoms with Gasteiger partial charge >= 0.3 is 5.69 Å². The molecule has 1 aliphatic heterocycles. The molecule has 9 heteroatoms. The first kappa shape index (κ1) is 16.9. The van der Waals surface area contributed by atoms with Gasteiger partial charge in [0, 0.05) is 0 Å². The summed E-state index contributed by atoms with van der Waals surface area (Å²) in [7, 11) is 0. The van der Waals surface area contributed by atoms with E-state index >= 15 is 0 Å². The first-order chi connectivity index (χ1) is 12.0. The molecule has 0 spiro atoms. The maximum atomic E-state index is 13.0. The lowest BCUT2D eigenvalue weighted by Gasteiger charge is -2.23. The number of halogens is 1. The molecular formula is C16H17FN4O4. The third kappa shape index (κ3) is 3.94. The van der Waals surface area contributed by atoms with Crippen molar-refractivity contribution in [2.24, 2.45) is 5.10 Å². The Morgan fingerprint density at radius 1 is 1.24 bits per heavy atom. The Morgan fingerprint density at radius 3 is 2.60 bits per heavy atom. The summed E-state index contributed by atoms with van der Waals surface area (Å²) in [5.41, 5.74) is -1.000. The van der Waals surface area contributed by atoms with E-state index in [4.69, 9.17) is 4.74 Å². The van der Waals surface area contributed by atoms with E-state index in [0.717, 1.165) is 4.57 Å². The summed E-state index contributed by atoms with van der Waals surface area (Å²) in [4.78, 5) is 26.1. The zero-order chi connectivity index (χ0) is 17.8. The van der Waals surface area contributed by atoms with Crippen LogP contribution in [-0.2, 0) is 11.3 Å². The van der Waals surface area contributed by atoms with E-state index in [9.17, 15) is 19.1 Å². The molecule has 0 aliphatic carbocycles. The molecule has 1 aromatic heterocycles. The number of H-pyrrole nitrogens is 1. The number of aromatic nitrogens is 2. The average molecular weight is 348 g/mol. The fourth-order valence-corrected chi connectivity index (χ4v) is 2.42. The number of morpholine rings is 1. The van der Waals surface area contributed by atoms with E-state index in [0.29, 0.717) is 31.9 Å². The van der Waals surface area contributed by atoms with E-state index in [-0.39, 0.29) is 12.1 Å². The third-order valence-corrected chi connectivity index (χ3v) is 3.80. The fourth-order valence-electron chi connectivity index (χ4n) is 2.42. The molecular weight excluding hydrogens is 331 g/mol. The predicted molar refractivity (Wildman–Crippen MR) is 88.5 cm³/mol. The topological polar surface area (TPSA) is 99.9 Å². The Hall–Kier alpha value is -2.94. The molecule has 1 saturated heterocycles. The van der Waals surface area contributed by atoms with Gasteiger partial charge < -0.3 is 9.84 Å². The van der Waals surface area contributed by atoms with Gasteiger partial charge in [0.15, 0.2) is 0 Å². The highest BCUT2D eigenvalue weighted by atomic mass is 19.1. The van der Waals surface area contributed by atoms with Crippen LogP contribution < -0.4 is 11.2 Å². The maximum Gasteiger partial charge on any atom is 0.331 e. The van der Waals surface area contributed by atoms with Crippen LogP contribution in [0.4, 0.5) is 4.39 Å². The molecule has 8 nitrogen and oxygen atoms in total. The van der Waals surface area contributed by atoms with Gasteiger partial charge in [-0.1, -0.05) is 12.1 Å².